The second-order valence-electron chi connectivity index (χ2n) is 7.05. The van der Waals surface area contributed by atoms with Crippen LogP contribution in [-0.4, -0.2) is 22.4 Å². The molecule has 25 heavy (non-hydrogen) atoms. The molecule has 0 saturated heterocycles. The zero-order valence-electron chi connectivity index (χ0n) is 16.0. The molecule has 0 aromatic carbocycles. The second-order valence-corrected chi connectivity index (χ2v) is 7.05. The van der Waals surface area contributed by atoms with E-state index in [1.807, 2.05) is 0 Å². The van der Waals surface area contributed by atoms with Gasteiger partial charge in [0.25, 0.3) is 0 Å². The van der Waals surface area contributed by atoms with Gasteiger partial charge in [-0.05, 0) is 12.5 Å². The molecule has 0 unspecified atom stereocenters. The van der Waals surface area contributed by atoms with Crippen molar-refractivity contribution in [3.63, 3.8) is 0 Å². The van der Waals surface area contributed by atoms with Crippen LogP contribution in [-0.2, 0) is 6.54 Å². The molecule has 4 nitrogen and oxygen atoms in total. The number of aldehydes is 2. The molecule has 4 heteroatoms. The molecule has 0 spiro atoms. The highest BCUT2D eigenvalue weighted by molar-refractivity contribution is 5.78. The first-order chi connectivity index (χ1) is 12.3. The first-order valence-corrected chi connectivity index (χ1v) is 10.3. The maximum Gasteiger partial charge on any atom is 0.170 e. The maximum atomic E-state index is 10.9. The SMILES string of the molecule is CCCCCCCCCCCCCCCCn1nc(C=O)cc1C=O. The summed E-state index contributed by atoms with van der Waals surface area (Å²) < 4.78 is 1.65. The van der Waals surface area contributed by atoms with Crippen LogP contribution in [0.4, 0.5) is 0 Å². The van der Waals surface area contributed by atoms with E-state index >= 15 is 0 Å². The van der Waals surface area contributed by atoms with Gasteiger partial charge in [0.2, 0.25) is 0 Å². The van der Waals surface area contributed by atoms with E-state index in [2.05, 4.69) is 12.0 Å². The number of nitrogens with zero attached hydrogens (tertiary/aromatic N) is 2. The van der Waals surface area contributed by atoms with E-state index in [0.717, 1.165) is 25.7 Å². The van der Waals surface area contributed by atoms with Crippen molar-refractivity contribution in [2.75, 3.05) is 0 Å². The number of carbonyl (C=O) groups is 2. The van der Waals surface area contributed by atoms with Crippen LogP contribution in [0, 0.1) is 0 Å². The van der Waals surface area contributed by atoms with Gasteiger partial charge < -0.3 is 0 Å². The molecular weight excluding hydrogens is 312 g/mol. The van der Waals surface area contributed by atoms with Gasteiger partial charge in [-0.1, -0.05) is 90.4 Å². The van der Waals surface area contributed by atoms with Gasteiger partial charge in [-0.3, -0.25) is 14.3 Å². The van der Waals surface area contributed by atoms with Crippen LogP contribution in [0.2, 0.25) is 0 Å². The van der Waals surface area contributed by atoms with Crippen molar-refractivity contribution in [1.29, 1.82) is 0 Å². The Labute approximate surface area is 153 Å². The van der Waals surface area contributed by atoms with E-state index in [9.17, 15) is 9.59 Å². The summed E-state index contributed by atoms with van der Waals surface area (Å²) in [6.07, 6.45) is 20.1. The lowest BCUT2D eigenvalue weighted by Gasteiger charge is -2.04. The molecule has 0 amide bonds. The van der Waals surface area contributed by atoms with E-state index in [4.69, 9.17) is 0 Å². The summed E-state index contributed by atoms with van der Waals surface area (Å²) in [5, 5.41) is 4.12. The van der Waals surface area contributed by atoms with E-state index in [1.54, 1.807) is 10.7 Å². The number of aryl methyl sites for hydroxylation is 1. The molecular formula is C21H36N2O2. The number of hydrogen-bond acceptors (Lipinski definition) is 3. The van der Waals surface area contributed by atoms with Gasteiger partial charge in [-0.25, -0.2) is 0 Å². The summed E-state index contributed by atoms with van der Waals surface area (Å²) in [5.74, 6) is 0. The highest BCUT2D eigenvalue weighted by Gasteiger charge is 2.05. The van der Waals surface area contributed by atoms with Crippen LogP contribution in [0.1, 0.15) is 118 Å². The van der Waals surface area contributed by atoms with Crippen molar-refractivity contribution < 1.29 is 9.59 Å². The lowest BCUT2D eigenvalue weighted by molar-refractivity contribution is 0.110. The molecule has 0 radical (unpaired) electrons. The third-order valence-corrected chi connectivity index (χ3v) is 4.79. The zero-order valence-corrected chi connectivity index (χ0v) is 16.0. The molecule has 0 aliphatic carbocycles. The molecule has 0 atom stereocenters. The molecule has 0 aliphatic rings. The van der Waals surface area contributed by atoms with Crippen LogP contribution in [0.25, 0.3) is 0 Å². The van der Waals surface area contributed by atoms with Crippen LogP contribution in [0.15, 0.2) is 6.07 Å². The Morgan fingerprint density at radius 3 is 1.68 bits per heavy atom. The Morgan fingerprint density at radius 1 is 0.760 bits per heavy atom. The summed E-state index contributed by atoms with van der Waals surface area (Å²) >= 11 is 0. The second kappa shape index (κ2) is 14.9. The zero-order chi connectivity index (χ0) is 18.2. The minimum absolute atomic E-state index is 0.340. The quantitative estimate of drug-likeness (QED) is 0.257. The number of hydrogen-bond donors (Lipinski definition) is 0. The van der Waals surface area contributed by atoms with Gasteiger partial charge in [0, 0.05) is 6.54 Å². The molecule has 1 rings (SSSR count). The molecule has 0 bridgehead atoms. The third-order valence-electron chi connectivity index (χ3n) is 4.79. The average Bonchev–Trinajstić information content (AvgIpc) is 3.04. The molecule has 0 saturated carbocycles. The van der Waals surface area contributed by atoms with Crippen molar-refractivity contribution in [1.82, 2.24) is 9.78 Å². The number of unbranched alkanes of at least 4 members (excludes halogenated alkanes) is 13. The van der Waals surface area contributed by atoms with Crippen molar-refractivity contribution >= 4 is 12.6 Å². The van der Waals surface area contributed by atoms with Crippen LogP contribution in [0.3, 0.4) is 0 Å². The summed E-state index contributed by atoms with van der Waals surface area (Å²) in [4.78, 5) is 21.6. The van der Waals surface area contributed by atoms with Crippen LogP contribution >= 0.6 is 0 Å². The van der Waals surface area contributed by atoms with E-state index < -0.39 is 0 Å². The smallest absolute Gasteiger partial charge is 0.170 e. The van der Waals surface area contributed by atoms with Crippen molar-refractivity contribution in [3.8, 4) is 0 Å². The van der Waals surface area contributed by atoms with Gasteiger partial charge in [0.1, 0.15) is 11.4 Å². The lowest BCUT2D eigenvalue weighted by atomic mass is 10.0. The minimum Gasteiger partial charge on any atom is -0.296 e. The first-order valence-electron chi connectivity index (χ1n) is 10.3. The van der Waals surface area contributed by atoms with Gasteiger partial charge in [0.05, 0.1) is 0 Å². The molecule has 1 aromatic rings. The fourth-order valence-corrected chi connectivity index (χ4v) is 3.24. The van der Waals surface area contributed by atoms with Gasteiger partial charge >= 0.3 is 0 Å². The fraction of sp³-hybridized carbons (Fsp3) is 0.762. The Balaban J connectivity index is 1.90. The normalized spacial score (nSPS) is 10.9. The van der Waals surface area contributed by atoms with Crippen LogP contribution in [0.5, 0.6) is 0 Å². The van der Waals surface area contributed by atoms with E-state index in [-0.39, 0.29) is 0 Å². The fourth-order valence-electron chi connectivity index (χ4n) is 3.24. The lowest BCUT2D eigenvalue weighted by Crippen LogP contribution is -2.04. The summed E-state index contributed by atoms with van der Waals surface area (Å²) in [6, 6.07) is 1.55. The van der Waals surface area contributed by atoms with Crippen LogP contribution < -0.4 is 0 Å². The summed E-state index contributed by atoms with van der Waals surface area (Å²) in [5.41, 5.74) is 0.837. The topological polar surface area (TPSA) is 52.0 Å². The molecule has 0 N–H and O–H groups in total. The van der Waals surface area contributed by atoms with Crippen molar-refractivity contribution in [3.05, 3.63) is 17.5 Å². The molecule has 1 heterocycles. The Kier molecular flexibility index (Phi) is 12.8. The van der Waals surface area contributed by atoms with Crippen molar-refractivity contribution in [2.24, 2.45) is 0 Å². The predicted octanol–water partition coefficient (Wildman–Crippen LogP) is 5.99. The summed E-state index contributed by atoms with van der Waals surface area (Å²) in [7, 11) is 0. The molecule has 0 fully saturated rings. The third kappa shape index (κ3) is 10.2. The van der Waals surface area contributed by atoms with Gasteiger partial charge in [0.15, 0.2) is 12.6 Å². The molecule has 142 valence electrons. The van der Waals surface area contributed by atoms with E-state index in [1.165, 1.54) is 77.0 Å². The number of carbonyl (C=O) groups excluding carboxylic acids is 2. The Bertz CT molecular complexity index is 468. The molecule has 0 aliphatic heterocycles. The monoisotopic (exact) mass is 348 g/mol. The largest absolute Gasteiger partial charge is 0.296 e. The first kappa shape index (κ1) is 21.6. The average molecular weight is 349 g/mol. The van der Waals surface area contributed by atoms with Gasteiger partial charge in [-0.2, -0.15) is 5.10 Å². The summed E-state index contributed by atoms with van der Waals surface area (Å²) in [6.45, 7) is 2.99. The van der Waals surface area contributed by atoms with Crippen molar-refractivity contribution in [2.45, 2.75) is 103 Å². The Morgan fingerprint density at radius 2 is 1.24 bits per heavy atom. The minimum atomic E-state index is 0.340. The van der Waals surface area contributed by atoms with E-state index in [0.29, 0.717) is 17.7 Å². The Hall–Kier alpha value is -1.45. The van der Waals surface area contributed by atoms with Gasteiger partial charge in [-0.15, -0.1) is 0 Å². The highest BCUT2D eigenvalue weighted by Crippen LogP contribution is 2.13. The highest BCUT2D eigenvalue weighted by atomic mass is 16.1. The predicted molar refractivity (Wildman–Crippen MR) is 103 cm³/mol. The standard InChI is InChI=1S/C21H36N2O2/c1-2-3-4-5-6-7-8-9-10-11-12-13-14-15-16-23-21(19-25)17-20(18-24)22-23/h17-19H,2-16H2,1H3. The number of aromatic nitrogens is 2. The molecule has 1 aromatic heterocycles. The number of rotatable bonds is 17. The maximum absolute atomic E-state index is 10.9.